The van der Waals surface area contributed by atoms with Crippen molar-refractivity contribution in [2.24, 2.45) is 5.92 Å². The van der Waals surface area contributed by atoms with Crippen LogP contribution in [0.1, 0.15) is 49.9 Å². The van der Waals surface area contributed by atoms with E-state index in [2.05, 4.69) is 9.97 Å². The number of carbonyl (C=O) groups excluding carboxylic acids is 1. The normalized spacial score (nSPS) is 25.4. The highest BCUT2D eigenvalue weighted by Crippen LogP contribution is 2.34. The Hall–Kier alpha value is -1.25. The molecule has 0 aliphatic heterocycles. The van der Waals surface area contributed by atoms with Crippen molar-refractivity contribution >= 4 is 5.78 Å². The number of rotatable bonds is 2. The molecule has 16 heavy (non-hydrogen) atoms. The van der Waals surface area contributed by atoms with E-state index in [0.29, 0.717) is 11.7 Å². The van der Waals surface area contributed by atoms with Crippen LogP contribution in [0.4, 0.5) is 0 Å². The first kappa shape index (κ1) is 11.2. The average molecular weight is 218 g/mol. The summed E-state index contributed by atoms with van der Waals surface area (Å²) in [5, 5.41) is 0. The number of nitrogens with zero attached hydrogens (tertiary/aromatic N) is 2. The lowest BCUT2D eigenvalue weighted by Crippen LogP contribution is -2.19. The molecule has 0 radical (unpaired) electrons. The third-order valence-electron chi connectivity index (χ3n) is 3.49. The van der Waals surface area contributed by atoms with Crippen molar-refractivity contribution in [2.45, 2.75) is 45.4 Å². The second-order valence-corrected chi connectivity index (χ2v) is 4.74. The minimum atomic E-state index is 0.286. The first-order valence-corrected chi connectivity index (χ1v) is 5.96. The molecular weight excluding hydrogens is 200 g/mol. The molecule has 86 valence electrons. The van der Waals surface area contributed by atoms with Gasteiger partial charge in [-0.15, -0.1) is 0 Å². The summed E-state index contributed by atoms with van der Waals surface area (Å²) in [5.41, 5.74) is 2.08. The Morgan fingerprint density at radius 1 is 1.25 bits per heavy atom. The predicted molar refractivity (Wildman–Crippen MR) is 62.1 cm³/mol. The molecule has 0 atom stereocenters. The second kappa shape index (κ2) is 4.73. The van der Waals surface area contributed by atoms with Crippen molar-refractivity contribution < 1.29 is 4.79 Å². The molecule has 0 unspecified atom stereocenters. The van der Waals surface area contributed by atoms with E-state index in [1.54, 1.807) is 13.1 Å². The molecule has 1 aromatic heterocycles. The molecule has 1 aromatic rings. The van der Waals surface area contributed by atoms with Crippen molar-refractivity contribution in [1.29, 1.82) is 0 Å². The lowest BCUT2D eigenvalue weighted by molar-refractivity contribution is -0.121. The molecule has 0 N–H and O–H groups in total. The number of hydrogen-bond donors (Lipinski definition) is 0. The number of carbonyl (C=O) groups is 1. The fraction of sp³-hybridized carbons (Fsp3) is 0.615. The van der Waals surface area contributed by atoms with Crippen LogP contribution in [0.15, 0.2) is 12.4 Å². The van der Waals surface area contributed by atoms with E-state index in [1.807, 2.05) is 13.1 Å². The van der Waals surface area contributed by atoms with Gasteiger partial charge in [-0.3, -0.25) is 14.8 Å². The summed E-state index contributed by atoms with van der Waals surface area (Å²) in [6.07, 6.45) is 7.81. The maximum atomic E-state index is 11.3. The van der Waals surface area contributed by atoms with Gasteiger partial charge in [-0.25, -0.2) is 0 Å². The largest absolute Gasteiger partial charge is 0.300 e. The highest BCUT2D eigenvalue weighted by molar-refractivity contribution is 5.78. The maximum absolute atomic E-state index is 11.3. The van der Waals surface area contributed by atoms with Crippen LogP contribution in [0.2, 0.25) is 0 Å². The molecule has 1 saturated carbocycles. The Bertz CT molecular complexity index is 381. The van der Waals surface area contributed by atoms with E-state index < -0.39 is 0 Å². The van der Waals surface area contributed by atoms with Gasteiger partial charge in [0.2, 0.25) is 0 Å². The van der Waals surface area contributed by atoms with E-state index in [1.165, 1.54) is 0 Å². The van der Waals surface area contributed by atoms with Crippen LogP contribution in [0, 0.1) is 12.8 Å². The number of ketones is 1. The van der Waals surface area contributed by atoms with Gasteiger partial charge in [-0.1, -0.05) is 0 Å². The van der Waals surface area contributed by atoms with Crippen LogP contribution in [0.25, 0.3) is 0 Å². The van der Waals surface area contributed by atoms with Crippen molar-refractivity contribution in [3.05, 3.63) is 23.8 Å². The Morgan fingerprint density at radius 3 is 2.50 bits per heavy atom. The van der Waals surface area contributed by atoms with E-state index in [4.69, 9.17) is 0 Å². The zero-order chi connectivity index (χ0) is 11.5. The first-order chi connectivity index (χ1) is 7.66. The smallest absolute Gasteiger partial charge is 0.132 e. The summed E-state index contributed by atoms with van der Waals surface area (Å²) in [7, 11) is 0. The molecule has 1 aliphatic carbocycles. The third-order valence-corrected chi connectivity index (χ3v) is 3.49. The zero-order valence-corrected chi connectivity index (χ0v) is 9.94. The quantitative estimate of drug-likeness (QED) is 0.766. The zero-order valence-electron chi connectivity index (χ0n) is 9.94. The topological polar surface area (TPSA) is 42.9 Å². The molecule has 3 nitrogen and oxygen atoms in total. The minimum Gasteiger partial charge on any atom is -0.300 e. The summed E-state index contributed by atoms with van der Waals surface area (Å²) < 4.78 is 0. The molecule has 0 aromatic carbocycles. The Kier molecular flexibility index (Phi) is 3.32. The van der Waals surface area contributed by atoms with Gasteiger partial charge >= 0.3 is 0 Å². The second-order valence-electron chi connectivity index (χ2n) is 4.74. The Labute approximate surface area is 96.3 Å². The minimum absolute atomic E-state index is 0.286. The predicted octanol–water partition coefficient (Wildman–Crippen LogP) is 2.65. The van der Waals surface area contributed by atoms with E-state index in [9.17, 15) is 4.79 Å². The van der Waals surface area contributed by atoms with E-state index in [0.717, 1.165) is 37.1 Å². The summed E-state index contributed by atoms with van der Waals surface area (Å²) in [6.45, 7) is 3.68. The molecular formula is C13H18N2O. The van der Waals surface area contributed by atoms with Gasteiger partial charge in [0, 0.05) is 24.2 Å². The summed E-state index contributed by atoms with van der Waals surface area (Å²) in [4.78, 5) is 20.0. The number of aryl methyl sites for hydroxylation is 1. The lowest BCUT2D eigenvalue weighted by Gasteiger charge is -2.26. The fourth-order valence-electron chi connectivity index (χ4n) is 2.48. The Balaban J connectivity index is 2.01. The van der Waals surface area contributed by atoms with Crippen LogP contribution in [0.3, 0.4) is 0 Å². The standard InChI is InChI=1S/C13H18N2O/c1-9-7-14-8-13(15-9)12-5-3-11(4-6-12)10(2)16/h7-8,11-12H,3-6H2,1-2H3. The monoisotopic (exact) mass is 218 g/mol. The summed E-state index contributed by atoms with van der Waals surface area (Å²) >= 11 is 0. The van der Waals surface area contributed by atoms with E-state index in [-0.39, 0.29) is 5.92 Å². The average Bonchev–Trinajstić information content (AvgIpc) is 2.29. The fourth-order valence-corrected chi connectivity index (χ4v) is 2.48. The van der Waals surface area contributed by atoms with Gasteiger partial charge in [-0.05, 0) is 39.5 Å². The molecule has 1 heterocycles. The van der Waals surface area contributed by atoms with Gasteiger partial charge in [0.15, 0.2) is 0 Å². The molecule has 2 rings (SSSR count). The van der Waals surface area contributed by atoms with Crippen LogP contribution in [-0.4, -0.2) is 15.8 Å². The summed E-state index contributed by atoms with van der Waals surface area (Å²) in [6, 6.07) is 0. The maximum Gasteiger partial charge on any atom is 0.132 e. The molecule has 1 aliphatic rings. The van der Waals surface area contributed by atoms with Gasteiger partial charge < -0.3 is 0 Å². The summed E-state index contributed by atoms with van der Waals surface area (Å²) in [5.74, 6) is 1.13. The van der Waals surface area contributed by atoms with Gasteiger partial charge in [0.05, 0.1) is 11.4 Å². The SMILES string of the molecule is CC(=O)C1CCC(c2cncc(C)n2)CC1. The Morgan fingerprint density at radius 2 is 1.94 bits per heavy atom. The molecule has 0 amide bonds. The molecule has 1 fully saturated rings. The van der Waals surface area contributed by atoms with Crippen LogP contribution in [0.5, 0.6) is 0 Å². The van der Waals surface area contributed by atoms with Crippen LogP contribution < -0.4 is 0 Å². The van der Waals surface area contributed by atoms with Crippen LogP contribution >= 0.6 is 0 Å². The van der Waals surface area contributed by atoms with Gasteiger partial charge in [0.1, 0.15) is 5.78 Å². The third kappa shape index (κ3) is 2.46. The van der Waals surface area contributed by atoms with Crippen molar-refractivity contribution in [2.75, 3.05) is 0 Å². The van der Waals surface area contributed by atoms with Crippen molar-refractivity contribution in [3.8, 4) is 0 Å². The highest BCUT2D eigenvalue weighted by Gasteiger charge is 2.25. The first-order valence-electron chi connectivity index (χ1n) is 5.96. The molecule has 0 saturated heterocycles. The van der Waals surface area contributed by atoms with Crippen molar-refractivity contribution in [1.82, 2.24) is 9.97 Å². The lowest BCUT2D eigenvalue weighted by atomic mass is 9.79. The van der Waals surface area contributed by atoms with Gasteiger partial charge in [0.25, 0.3) is 0 Å². The van der Waals surface area contributed by atoms with Gasteiger partial charge in [-0.2, -0.15) is 0 Å². The molecule has 3 heteroatoms. The molecule has 0 spiro atoms. The van der Waals surface area contributed by atoms with E-state index >= 15 is 0 Å². The molecule has 0 bridgehead atoms. The van der Waals surface area contributed by atoms with Crippen LogP contribution in [-0.2, 0) is 4.79 Å². The number of hydrogen-bond acceptors (Lipinski definition) is 3. The highest BCUT2D eigenvalue weighted by atomic mass is 16.1. The number of Topliss-reactive ketones (excluding diaryl/α,β-unsaturated/α-hetero) is 1. The van der Waals surface area contributed by atoms with Crippen molar-refractivity contribution in [3.63, 3.8) is 0 Å². The number of aromatic nitrogens is 2.